The highest BCUT2D eigenvalue weighted by Crippen LogP contribution is 2.16. The van der Waals surface area contributed by atoms with E-state index in [1.54, 1.807) is 42.5 Å². The zero-order valence-electron chi connectivity index (χ0n) is 13.9. The number of esters is 2. The Morgan fingerprint density at radius 1 is 0.920 bits per heavy atom. The minimum Gasteiger partial charge on any atom is -0.465 e. The number of amides is 1. The van der Waals surface area contributed by atoms with E-state index in [-0.39, 0.29) is 12.5 Å². The molecule has 0 aliphatic heterocycles. The highest BCUT2D eigenvalue weighted by atomic mass is 16.5. The molecule has 0 saturated heterocycles. The van der Waals surface area contributed by atoms with Crippen molar-refractivity contribution in [2.45, 2.75) is 0 Å². The number of para-hydroxylation sites is 1. The summed E-state index contributed by atoms with van der Waals surface area (Å²) in [6.45, 7) is -0.0591. The molecule has 7 heteroatoms. The standard InChI is InChI=1S/C18H18N2O5/c1-24-17(22)12-6-5-7-13(10-12)20-16(21)11-19-15-9-4-3-8-14(15)18(23)25-2/h3-10,19H,11H2,1-2H3,(H,20,21). The molecule has 0 atom stereocenters. The van der Waals surface area contributed by atoms with Crippen LogP contribution < -0.4 is 10.6 Å². The van der Waals surface area contributed by atoms with E-state index in [0.29, 0.717) is 22.5 Å². The summed E-state index contributed by atoms with van der Waals surface area (Å²) in [4.78, 5) is 35.3. The fourth-order valence-electron chi connectivity index (χ4n) is 2.15. The molecule has 2 aromatic rings. The molecule has 0 spiro atoms. The number of benzene rings is 2. The highest BCUT2D eigenvalue weighted by molar-refractivity contribution is 5.98. The van der Waals surface area contributed by atoms with Crippen LogP contribution in [-0.4, -0.2) is 38.6 Å². The van der Waals surface area contributed by atoms with Crippen LogP contribution in [-0.2, 0) is 14.3 Å². The Kier molecular flexibility index (Phi) is 6.11. The number of methoxy groups -OCH3 is 2. The molecule has 0 heterocycles. The molecule has 25 heavy (non-hydrogen) atoms. The molecule has 130 valence electrons. The van der Waals surface area contributed by atoms with Gasteiger partial charge in [-0.15, -0.1) is 0 Å². The van der Waals surface area contributed by atoms with Crippen molar-refractivity contribution in [2.75, 3.05) is 31.4 Å². The van der Waals surface area contributed by atoms with Crippen molar-refractivity contribution in [3.8, 4) is 0 Å². The van der Waals surface area contributed by atoms with Gasteiger partial charge in [-0.2, -0.15) is 0 Å². The molecule has 0 saturated carbocycles. The Bertz CT molecular complexity index is 789. The Labute approximate surface area is 144 Å². The van der Waals surface area contributed by atoms with Crippen LogP contribution in [0, 0.1) is 0 Å². The SMILES string of the molecule is COC(=O)c1cccc(NC(=O)CNc2ccccc2C(=O)OC)c1. The molecular weight excluding hydrogens is 324 g/mol. The molecule has 1 amide bonds. The summed E-state index contributed by atoms with van der Waals surface area (Å²) in [7, 11) is 2.58. The highest BCUT2D eigenvalue weighted by Gasteiger charge is 2.12. The zero-order chi connectivity index (χ0) is 18.2. The molecule has 0 aromatic heterocycles. The molecule has 2 N–H and O–H groups in total. The molecule has 0 fully saturated rings. The third-order valence-corrected chi connectivity index (χ3v) is 3.34. The van der Waals surface area contributed by atoms with Gasteiger partial charge in [-0.05, 0) is 30.3 Å². The van der Waals surface area contributed by atoms with Crippen LogP contribution in [0.4, 0.5) is 11.4 Å². The Hall–Kier alpha value is -3.35. The number of hydrogen-bond acceptors (Lipinski definition) is 6. The van der Waals surface area contributed by atoms with Crippen LogP contribution in [0.1, 0.15) is 20.7 Å². The van der Waals surface area contributed by atoms with E-state index in [9.17, 15) is 14.4 Å². The van der Waals surface area contributed by atoms with Gasteiger partial charge in [0.25, 0.3) is 0 Å². The lowest BCUT2D eigenvalue weighted by molar-refractivity contribution is -0.114. The van der Waals surface area contributed by atoms with E-state index in [1.165, 1.54) is 20.3 Å². The van der Waals surface area contributed by atoms with Crippen molar-refractivity contribution in [1.29, 1.82) is 0 Å². The lowest BCUT2D eigenvalue weighted by atomic mass is 10.2. The first-order valence-corrected chi connectivity index (χ1v) is 7.44. The van der Waals surface area contributed by atoms with Gasteiger partial charge in [0, 0.05) is 11.4 Å². The summed E-state index contributed by atoms with van der Waals surface area (Å²) < 4.78 is 9.34. The topological polar surface area (TPSA) is 93.7 Å². The van der Waals surface area contributed by atoms with Crippen LogP contribution in [0.25, 0.3) is 0 Å². The van der Waals surface area contributed by atoms with Crippen molar-refractivity contribution < 1.29 is 23.9 Å². The molecule has 0 aliphatic rings. The number of anilines is 2. The number of rotatable bonds is 6. The van der Waals surface area contributed by atoms with Crippen molar-refractivity contribution >= 4 is 29.2 Å². The van der Waals surface area contributed by atoms with Crippen LogP contribution in [0.3, 0.4) is 0 Å². The van der Waals surface area contributed by atoms with E-state index in [2.05, 4.69) is 15.4 Å². The van der Waals surface area contributed by atoms with Gasteiger partial charge < -0.3 is 20.1 Å². The second kappa shape index (κ2) is 8.49. The normalized spacial score (nSPS) is 9.84. The van der Waals surface area contributed by atoms with Crippen LogP contribution in [0.5, 0.6) is 0 Å². The van der Waals surface area contributed by atoms with Gasteiger partial charge in [-0.3, -0.25) is 4.79 Å². The van der Waals surface area contributed by atoms with Crippen LogP contribution in [0.15, 0.2) is 48.5 Å². The zero-order valence-corrected chi connectivity index (χ0v) is 13.9. The van der Waals surface area contributed by atoms with Crippen molar-refractivity contribution in [3.05, 3.63) is 59.7 Å². The number of hydrogen-bond donors (Lipinski definition) is 2. The van der Waals surface area contributed by atoms with Gasteiger partial charge in [-0.25, -0.2) is 9.59 Å². The van der Waals surface area contributed by atoms with Gasteiger partial charge in [0.15, 0.2) is 0 Å². The first-order chi connectivity index (χ1) is 12.0. The molecule has 2 aromatic carbocycles. The molecule has 0 bridgehead atoms. The Balaban J connectivity index is 2.00. The van der Waals surface area contributed by atoms with Gasteiger partial charge in [0.1, 0.15) is 0 Å². The summed E-state index contributed by atoms with van der Waals surface area (Å²) in [5, 5.41) is 5.56. The van der Waals surface area contributed by atoms with Gasteiger partial charge in [-0.1, -0.05) is 18.2 Å². The van der Waals surface area contributed by atoms with E-state index >= 15 is 0 Å². The summed E-state index contributed by atoms with van der Waals surface area (Å²) in [6.07, 6.45) is 0. The third-order valence-electron chi connectivity index (χ3n) is 3.34. The number of nitrogens with one attached hydrogen (secondary N) is 2. The summed E-state index contributed by atoms with van der Waals surface area (Å²) in [5.41, 5.74) is 1.64. The maximum atomic E-state index is 12.1. The quantitative estimate of drug-likeness (QED) is 0.783. The fraction of sp³-hybridized carbons (Fsp3) is 0.167. The first-order valence-electron chi connectivity index (χ1n) is 7.44. The fourth-order valence-corrected chi connectivity index (χ4v) is 2.15. The first kappa shape index (κ1) is 18.0. The van der Waals surface area contributed by atoms with Crippen molar-refractivity contribution in [2.24, 2.45) is 0 Å². The lowest BCUT2D eigenvalue weighted by Gasteiger charge is -2.11. The van der Waals surface area contributed by atoms with Crippen LogP contribution >= 0.6 is 0 Å². The molecule has 7 nitrogen and oxygen atoms in total. The second-order valence-electron chi connectivity index (χ2n) is 5.01. The lowest BCUT2D eigenvalue weighted by Crippen LogP contribution is -2.23. The molecular formula is C18H18N2O5. The predicted octanol–water partition coefficient (Wildman–Crippen LogP) is 2.31. The van der Waals surface area contributed by atoms with E-state index in [4.69, 9.17) is 4.74 Å². The van der Waals surface area contributed by atoms with Crippen molar-refractivity contribution in [3.63, 3.8) is 0 Å². The average Bonchev–Trinajstić information content (AvgIpc) is 2.65. The smallest absolute Gasteiger partial charge is 0.339 e. The number of carbonyl (C=O) groups excluding carboxylic acids is 3. The van der Waals surface area contributed by atoms with Gasteiger partial charge in [0.2, 0.25) is 5.91 Å². The Morgan fingerprint density at radius 2 is 1.64 bits per heavy atom. The third kappa shape index (κ3) is 4.81. The molecule has 2 rings (SSSR count). The van der Waals surface area contributed by atoms with E-state index in [0.717, 1.165) is 0 Å². The largest absolute Gasteiger partial charge is 0.465 e. The monoisotopic (exact) mass is 342 g/mol. The maximum absolute atomic E-state index is 12.1. The summed E-state index contributed by atoms with van der Waals surface area (Å²) >= 11 is 0. The summed E-state index contributed by atoms with van der Waals surface area (Å²) in [6, 6.07) is 13.1. The van der Waals surface area contributed by atoms with Gasteiger partial charge in [0.05, 0.1) is 31.9 Å². The minimum absolute atomic E-state index is 0.0591. The predicted molar refractivity (Wildman–Crippen MR) is 92.7 cm³/mol. The summed E-state index contributed by atoms with van der Waals surface area (Å²) in [5.74, 6) is -1.31. The average molecular weight is 342 g/mol. The maximum Gasteiger partial charge on any atom is 0.339 e. The van der Waals surface area contributed by atoms with Crippen molar-refractivity contribution in [1.82, 2.24) is 0 Å². The number of carbonyl (C=O) groups is 3. The second-order valence-corrected chi connectivity index (χ2v) is 5.01. The van der Waals surface area contributed by atoms with E-state index < -0.39 is 11.9 Å². The Morgan fingerprint density at radius 3 is 2.36 bits per heavy atom. The van der Waals surface area contributed by atoms with Gasteiger partial charge >= 0.3 is 11.9 Å². The number of ether oxygens (including phenoxy) is 2. The molecule has 0 radical (unpaired) electrons. The molecule has 0 unspecified atom stereocenters. The van der Waals surface area contributed by atoms with E-state index in [1.807, 2.05) is 0 Å². The van der Waals surface area contributed by atoms with Crippen LogP contribution in [0.2, 0.25) is 0 Å². The minimum atomic E-state index is -0.491. The molecule has 0 aliphatic carbocycles.